The van der Waals surface area contributed by atoms with Gasteiger partial charge in [-0.05, 0) is 65.7 Å². The molecule has 0 radical (unpaired) electrons. The van der Waals surface area contributed by atoms with E-state index in [0.29, 0.717) is 17.6 Å². The van der Waals surface area contributed by atoms with E-state index in [4.69, 9.17) is 9.47 Å². The van der Waals surface area contributed by atoms with Crippen LogP contribution in [0.4, 0.5) is 15.3 Å². The molecule has 1 amide bonds. The van der Waals surface area contributed by atoms with Crippen LogP contribution in [0.5, 0.6) is 0 Å². The van der Waals surface area contributed by atoms with Crippen molar-refractivity contribution >= 4 is 28.8 Å². The third-order valence-electron chi connectivity index (χ3n) is 3.47. The van der Waals surface area contributed by atoms with Crippen LogP contribution in [-0.4, -0.2) is 28.0 Å². The summed E-state index contributed by atoms with van der Waals surface area (Å²) in [5.74, 6) is 0. The lowest BCUT2D eigenvalue weighted by Crippen LogP contribution is -2.27. The Morgan fingerprint density at radius 1 is 1.11 bits per heavy atom. The SMILES string of the molecule is C=CCc1ccc2c(c1)c(NC(=O)OC(C)(C)C)cn2C(=O)OC(C)(C)C. The molecule has 0 bridgehead atoms. The van der Waals surface area contributed by atoms with Crippen LogP contribution in [0.1, 0.15) is 47.1 Å². The van der Waals surface area contributed by atoms with Crippen molar-refractivity contribution in [1.29, 1.82) is 0 Å². The maximum Gasteiger partial charge on any atom is 0.419 e. The lowest BCUT2D eigenvalue weighted by atomic mass is 10.1. The summed E-state index contributed by atoms with van der Waals surface area (Å²) in [4.78, 5) is 24.8. The van der Waals surface area contributed by atoms with Gasteiger partial charge in [0.2, 0.25) is 0 Å². The summed E-state index contributed by atoms with van der Waals surface area (Å²) in [5, 5.41) is 3.46. The van der Waals surface area contributed by atoms with Gasteiger partial charge in [0.15, 0.2) is 0 Å². The molecule has 0 aliphatic rings. The Morgan fingerprint density at radius 3 is 2.30 bits per heavy atom. The van der Waals surface area contributed by atoms with Gasteiger partial charge in [0.05, 0.1) is 11.2 Å². The van der Waals surface area contributed by atoms with Gasteiger partial charge in [-0.3, -0.25) is 9.88 Å². The smallest absolute Gasteiger partial charge is 0.419 e. The van der Waals surface area contributed by atoms with Gasteiger partial charge in [0.25, 0.3) is 0 Å². The first-order chi connectivity index (χ1) is 12.4. The number of anilines is 1. The first-order valence-corrected chi connectivity index (χ1v) is 8.88. The topological polar surface area (TPSA) is 69.6 Å². The predicted molar refractivity (Wildman–Crippen MR) is 107 cm³/mol. The van der Waals surface area contributed by atoms with Crippen LogP contribution >= 0.6 is 0 Å². The fraction of sp³-hybridized carbons (Fsp3) is 0.429. The Kier molecular flexibility index (Phi) is 5.68. The summed E-state index contributed by atoms with van der Waals surface area (Å²) in [5.41, 5.74) is 0.891. The highest BCUT2D eigenvalue weighted by atomic mass is 16.6. The molecule has 2 aromatic rings. The van der Waals surface area contributed by atoms with Crippen molar-refractivity contribution in [2.45, 2.75) is 59.2 Å². The minimum Gasteiger partial charge on any atom is -0.444 e. The van der Waals surface area contributed by atoms with Crippen molar-refractivity contribution in [3.05, 3.63) is 42.6 Å². The zero-order chi connectivity index (χ0) is 20.4. The zero-order valence-electron chi connectivity index (χ0n) is 16.9. The van der Waals surface area contributed by atoms with Crippen LogP contribution in [0.15, 0.2) is 37.1 Å². The van der Waals surface area contributed by atoms with E-state index in [1.165, 1.54) is 4.57 Å². The van der Waals surface area contributed by atoms with Crippen LogP contribution in [0.25, 0.3) is 10.9 Å². The van der Waals surface area contributed by atoms with Gasteiger partial charge in [-0.2, -0.15) is 0 Å². The maximum absolute atomic E-state index is 12.6. The van der Waals surface area contributed by atoms with Crippen LogP contribution in [-0.2, 0) is 15.9 Å². The van der Waals surface area contributed by atoms with E-state index in [9.17, 15) is 9.59 Å². The highest BCUT2D eigenvalue weighted by Gasteiger charge is 2.23. The van der Waals surface area contributed by atoms with Crippen LogP contribution < -0.4 is 5.32 Å². The number of ether oxygens (including phenoxy) is 2. The number of hydrogen-bond acceptors (Lipinski definition) is 4. The number of benzene rings is 1. The van der Waals surface area contributed by atoms with Crippen LogP contribution in [0, 0.1) is 0 Å². The van der Waals surface area contributed by atoms with Gasteiger partial charge in [-0.25, -0.2) is 9.59 Å². The van der Waals surface area contributed by atoms with E-state index in [2.05, 4.69) is 11.9 Å². The Labute approximate surface area is 160 Å². The van der Waals surface area contributed by atoms with Crippen molar-refractivity contribution in [3.8, 4) is 0 Å². The first-order valence-electron chi connectivity index (χ1n) is 8.88. The highest BCUT2D eigenvalue weighted by molar-refractivity contribution is 6.03. The molecule has 0 unspecified atom stereocenters. The van der Waals surface area contributed by atoms with Crippen molar-refractivity contribution in [2.24, 2.45) is 0 Å². The summed E-state index contributed by atoms with van der Waals surface area (Å²) in [6, 6.07) is 5.67. The molecular weight excluding hydrogens is 344 g/mol. The minimum atomic E-state index is -0.630. The molecule has 1 heterocycles. The van der Waals surface area contributed by atoms with E-state index in [1.54, 1.807) is 53.8 Å². The number of aromatic nitrogens is 1. The molecule has 0 fully saturated rings. The summed E-state index contributed by atoms with van der Waals surface area (Å²) in [6.07, 6.45) is 2.94. The average molecular weight is 372 g/mol. The predicted octanol–water partition coefficient (Wildman–Crippen LogP) is 5.50. The van der Waals surface area contributed by atoms with Gasteiger partial charge in [-0.15, -0.1) is 6.58 Å². The number of nitrogens with zero attached hydrogens (tertiary/aromatic N) is 1. The molecule has 146 valence electrons. The van der Waals surface area contributed by atoms with Gasteiger partial charge in [0.1, 0.15) is 11.2 Å². The van der Waals surface area contributed by atoms with Gasteiger partial charge >= 0.3 is 12.2 Å². The molecule has 0 atom stereocenters. The van der Waals surface area contributed by atoms with E-state index < -0.39 is 23.4 Å². The molecule has 0 saturated heterocycles. The quantitative estimate of drug-likeness (QED) is 0.722. The van der Waals surface area contributed by atoms with E-state index in [0.717, 1.165) is 10.9 Å². The van der Waals surface area contributed by atoms with Gasteiger partial charge in [0, 0.05) is 11.6 Å². The van der Waals surface area contributed by atoms with Crippen LogP contribution in [0.3, 0.4) is 0 Å². The van der Waals surface area contributed by atoms with Crippen molar-refractivity contribution in [2.75, 3.05) is 5.32 Å². The molecule has 0 saturated carbocycles. The largest absolute Gasteiger partial charge is 0.444 e. The number of amides is 1. The van der Waals surface area contributed by atoms with Gasteiger partial charge in [-0.1, -0.05) is 12.1 Å². The second-order valence-corrected chi connectivity index (χ2v) is 8.36. The summed E-state index contributed by atoms with van der Waals surface area (Å²) in [7, 11) is 0. The number of rotatable bonds is 3. The second-order valence-electron chi connectivity index (χ2n) is 8.36. The Bertz CT molecular complexity index is 867. The molecule has 1 aromatic carbocycles. The molecule has 6 heteroatoms. The standard InChI is InChI=1S/C21H28N2O4/c1-8-9-14-10-11-17-15(12-14)16(22-18(24)26-20(2,3)4)13-23(17)19(25)27-21(5,6)7/h8,10-13H,1,9H2,2-7H3,(H,22,24). The number of nitrogens with one attached hydrogen (secondary N) is 1. The summed E-state index contributed by atoms with van der Waals surface area (Å²) >= 11 is 0. The van der Waals surface area contributed by atoms with E-state index in [1.807, 2.05) is 18.2 Å². The minimum absolute atomic E-state index is 0.482. The fourth-order valence-electron chi connectivity index (χ4n) is 2.55. The van der Waals surface area contributed by atoms with Crippen molar-refractivity contribution in [1.82, 2.24) is 4.57 Å². The average Bonchev–Trinajstić information content (AvgIpc) is 2.82. The lowest BCUT2D eigenvalue weighted by Gasteiger charge is -2.20. The molecule has 1 aromatic heterocycles. The molecule has 0 spiro atoms. The normalized spacial score (nSPS) is 11.9. The van der Waals surface area contributed by atoms with E-state index >= 15 is 0 Å². The third-order valence-corrected chi connectivity index (χ3v) is 3.47. The number of allylic oxidation sites excluding steroid dienone is 1. The summed E-state index contributed by atoms with van der Waals surface area (Å²) < 4.78 is 12.2. The lowest BCUT2D eigenvalue weighted by molar-refractivity contribution is 0.0542. The van der Waals surface area contributed by atoms with Crippen molar-refractivity contribution in [3.63, 3.8) is 0 Å². The highest BCUT2D eigenvalue weighted by Crippen LogP contribution is 2.29. The molecule has 2 rings (SSSR count). The Hall–Kier alpha value is -2.76. The summed E-state index contributed by atoms with van der Waals surface area (Å²) in [6.45, 7) is 14.5. The van der Waals surface area contributed by atoms with E-state index in [-0.39, 0.29) is 0 Å². The maximum atomic E-state index is 12.6. The first kappa shape index (κ1) is 20.6. The molecule has 6 nitrogen and oxygen atoms in total. The molecular formula is C21H28N2O4. The van der Waals surface area contributed by atoms with Crippen molar-refractivity contribution < 1.29 is 19.1 Å². The fourth-order valence-corrected chi connectivity index (χ4v) is 2.55. The number of carbonyl (C=O) groups is 2. The number of fused-ring (bicyclic) bond motifs is 1. The molecule has 1 N–H and O–H groups in total. The Balaban J connectivity index is 2.47. The molecule has 0 aliphatic heterocycles. The molecule has 27 heavy (non-hydrogen) atoms. The molecule has 0 aliphatic carbocycles. The number of carbonyl (C=O) groups excluding carboxylic acids is 2. The number of hydrogen-bond donors (Lipinski definition) is 1. The second kappa shape index (κ2) is 7.47. The zero-order valence-corrected chi connectivity index (χ0v) is 16.9. The van der Waals surface area contributed by atoms with Gasteiger partial charge < -0.3 is 9.47 Å². The third kappa shape index (κ3) is 5.61. The van der Waals surface area contributed by atoms with Crippen LogP contribution in [0.2, 0.25) is 0 Å². The Morgan fingerprint density at radius 2 is 1.74 bits per heavy atom. The monoisotopic (exact) mass is 372 g/mol.